The van der Waals surface area contributed by atoms with Crippen molar-refractivity contribution in [2.24, 2.45) is 0 Å². The fourth-order valence-electron chi connectivity index (χ4n) is 1.83. The highest BCUT2D eigenvalue weighted by Crippen LogP contribution is 2.23. The Morgan fingerprint density at radius 3 is 2.55 bits per heavy atom. The van der Waals surface area contributed by atoms with Crippen LogP contribution in [0.15, 0.2) is 42.5 Å². The lowest BCUT2D eigenvalue weighted by molar-refractivity contribution is 0.625. The van der Waals surface area contributed by atoms with E-state index in [1.165, 1.54) is 16.8 Å². The van der Waals surface area contributed by atoms with Gasteiger partial charge in [0.2, 0.25) is 0 Å². The van der Waals surface area contributed by atoms with Crippen molar-refractivity contribution in [3.63, 3.8) is 0 Å². The molecule has 1 heterocycles. The van der Waals surface area contributed by atoms with Crippen LogP contribution in [0.2, 0.25) is 5.02 Å². The van der Waals surface area contributed by atoms with Crippen LogP contribution in [0.4, 0.5) is 10.1 Å². The molecule has 0 saturated heterocycles. The molecule has 0 fully saturated rings. The van der Waals surface area contributed by atoms with Crippen molar-refractivity contribution in [3.8, 4) is 17.1 Å². The van der Waals surface area contributed by atoms with Gasteiger partial charge in [0.25, 0.3) is 0 Å². The normalized spacial score (nSPS) is 10.7. The standard InChI is InChI=1S/C13H9ClFN5/c14-9-5-10(15)7-12(6-9)20-13(17-18-19-20)8-1-3-11(16)4-2-8/h1-7H,16H2. The Kier molecular flexibility index (Phi) is 3.08. The minimum absolute atomic E-state index is 0.277. The molecule has 0 atom stereocenters. The van der Waals surface area contributed by atoms with Crippen molar-refractivity contribution in [2.75, 3.05) is 5.73 Å². The van der Waals surface area contributed by atoms with Gasteiger partial charge in [-0.1, -0.05) is 11.6 Å². The number of hydrogen-bond donors (Lipinski definition) is 1. The van der Waals surface area contributed by atoms with Gasteiger partial charge in [0.15, 0.2) is 5.82 Å². The molecule has 3 rings (SSSR count). The molecule has 2 aromatic carbocycles. The third kappa shape index (κ3) is 2.33. The summed E-state index contributed by atoms with van der Waals surface area (Å²) >= 11 is 5.85. The topological polar surface area (TPSA) is 69.6 Å². The molecule has 0 unspecified atom stereocenters. The molecule has 0 aliphatic carbocycles. The second-order valence-electron chi connectivity index (χ2n) is 4.16. The van der Waals surface area contributed by atoms with E-state index in [4.69, 9.17) is 17.3 Å². The van der Waals surface area contributed by atoms with Gasteiger partial charge < -0.3 is 5.73 Å². The van der Waals surface area contributed by atoms with Crippen molar-refractivity contribution in [1.29, 1.82) is 0 Å². The first-order valence-corrected chi connectivity index (χ1v) is 6.12. The number of tetrazole rings is 1. The Bertz CT molecular complexity index is 733. The van der Waals surface area contributed by atoms with Crippen molar-refractivity contribution >= 4 is 17.3 Å². The minimum atomic E-state index is -0.453. The zero-order chi connectivity index (χ0) is 14.1. The maximum Gasteiger partial charge on any atom is 0.187 e. The lowest BCUT2D eigenvalue weighted by atomic mass is 10.2. The van der Waals surface area contributed by atoms with Gasteiger partial charge in [-0.3, -0.25) is 0 Å². The van der Waals surface area contributed by atoms with Crippen LogP contribution in [-0.2, 0) is 0 Å². The number of benzene rings is 2. The predicted octanol–water partition coefficient (Wildman–Crippen LogP) is 2.70. The Morgan fingerprint density at radius 2 is 1.85 bits per heavy atom. The molecular formula is C13H9ClFN5. The molecule has 0 spiro atoms. The lowest BCUT2D eigenvalue weighted by Gasteiger charge is -2.05. The van der Waals surface area contributed by atoms with Crippen LogP contribution in [0, 0.1) is 5.82 Å². The lowest BCUT2D eigenvalue weighted by Crippen LogP contribution is -2.00. The highest BCUT2D eigenvalue weighted by atomic mass is 35.5. The first kappa shape index (κ1) is 12.6. The van der Waals surface area contributed by atoms with Gasteiger partial charge in [-0.25, -0.2) is 4.39 Å². The van der Waals surface area contributed by atoms with E-state index in [0.29, 0.717) is 17.2 Å². The molecule has 0 aliphatic rings. The molecule has 3 aromatic rings. The van der Waals surface area contributed by atoms with Crippen LogP contribution in [-0.4, -0.2) is 20.2 Å². The van der Waals surface area contributed by atoms with E-state index in [1.54, 1.807) is 30.3 Å². The average molecular weight is 290 g/mol. The van der Waals surface area contributed by atoms with Gasteiger partial charge in [-0.2, -0.15) is 4.68 Å². The van der Waals surface area contributed by atoms with E-state index in [2.05, 4.69) is 15.5 Å². The van der Waals surface area contributed by atoms with Gasteiger partial charge >= 0.3 is 0 Å². The SMILES string of the molecule is Nc1ccc(-c2nnnn2-c2cc(F)cc(Cl)c2)cc1. The maximum absolute atomic E-state index is 13.4. The number of nitrogens with two attached hydrogens (primary N) is 1. The number of hydrogen-bond acceptors (Lipinski definition) is 4. The first-order chi connectivity index (χ1) is 9.63. The van der Waals surface area contributed by atoms with Crippen LogP contribution in [0.3, 0.4) is 0 Å². The summed E-state index contributed by atoms with van der Waals surface area (Å²) in [5, 5.41) is 11.7. The Morgan fingerprint density at radius 1 is 1.10 bits per heavy atom. The van der Waals surface area contributed by atoms with E-state index >= 15 is 0 Å². The highest BCUT2D eigenvalue weighted by molar-refractivity contribution is 6.30. The molecule has 2 N–H and O–H groups in total. The van der Waals surface area contributed by atoms with Gasteiger partial charge in [0.1, 0.15) is 5.82 Å². The summed E-state index contributed by atoms with van der Waals surface area (Å²) in [5.41, 5.74) is 7.50. The van der Waals surface area contributed by atoms with Crippen LogP contribution >= 0.6 is 11.6 Å². The van der Waals surface area contributed by atoms with E-state index in [9.17, 15) is 4.39 Å². The molecule has 0 aliphatic heterocycles. The smallest absolute Gasteiger partial charge is 0.187 e. The summed E-state index contributed by atoms with van der Waals surface area (Å²) in [5.74, 6) is 0.0259. The summed E-state index contributed by atoms with van der Waals surface area (Å²) in [6.45, 7) is 0. The fraction of sp³-hybridized carbons (Fsp3) is 0. The highest BCUT2D eigenvalue weighted by Gasteiger charge is 2.12. The molecule has 5 nitrogen and oxygen atoms in total. The van der Waals surface area contributed by atoms with Crippen molar-refractivity contribution in [2.45, 2.75) is 0 Å². The molecular weight excluding hydrogens is 281 g/mol. The quantitative estimate of drug-likeness (QED) is 0.736. The predicted molar refractivity (Wildman–Crippen MR) is 74.0 cm³/mol. The second-order valence-corrected chi connectivity index (χ2v) is 4.60. The Hall–Kier alpha value is -2.47. The number of nitrogen functional groups attached to an aromatic ring is 1. The zero-order valence-electron chi connectivity index (χ0n) is 10.2. The summed E-state index contributed by atoms with van der Waals surface area (Å²) in [4.78, 5) is 0. The van der Waals surface area contributed by atoms with E-state index < -0.39 is 5.82 Å². The number of aromatic nitrogens is 4. The maximum atomic E-state index is 13.4. The molecule has 0 amide bonds. The number of nitrogens with zero attached hydrogens (tertiary/aromatic N) is 4. The van der Waals surface area contributed by atoms with Crippen LogP contribution in [0.1, 0.15) is 0 Å². The summed E-state index contributed by atoms with van der Waals surface area (Å²) in [6.07, 6.45) is 0. The molecule has 0 radical (unpaired) electrons. The minimum Gasteiger partial charge on any atom is -0.399 e. The van der Waals surface area contributed by atoms with E-state index in [0.717, 1.165) is 5.56 Å². The van der Waals surface area contributed by atoms with Gasteiger partial charge in [-0.05, 0) is 52.9 Å². The number of rotatable bonds is 2. The molecule has 7 heteroatoms. The van der Waals surface area contributed by atoms with Crippen molar-refractivity contribution < 1.29 is 4.39 Å². The van der Waals surface area contributed by atoms with Crippen LogP contribution < -0.4 is 5.73 Å². The largest absolute Gasteiger partial charge is 0.399 e. The summed E-state index contributed by atoms with van der Waals surface area (Å²) < 4.78 is 14.8. The van der Waals surface area contributed by atoms with Crippen molar-refractivity contribution in [3.05, 3.63) is 53.3 Å². The number of halogens is 2. The van der Waals surface area contributed by atoms with Gasteiger partial charge in [0, 0.05) is 16.3 Å². The number of anilines is 1. The van der Waals surface area contributed by atoms with E-state index in [1.807, 2.05) is 0 Å². The first-order valence-electron chi connectivity index (χ1n) is 5.74. The monoisotopic (exact) mass is 289 g/mol. The summed E-state index contributed by atoms with van der Waals surface area (Å²) in [6, 6.07) is 11.2. The summed E-state index contributed by atoms with van der Waals surface area (Å²) in [7, 11) is 0. The van der Waals surface area contributed by atoms with E-state index in [-0.39, 0.29) is 5.02 Å². The van der Waals surface area contributed by atoms with Gasteiger partial charge in [0.05, 0.1) is 5.69 Å². The molecule has 0 saturated carbocycles. The Balaban J connectivity index is 2.12. The average Bonchev–Trinajstić information content (AvgIpc) is 2.87. The third-order valence-electron chi connectivity index (χ3n) is 2.73. The second kappa shape index (κ2) is 4.90. The van der Waals surface area contributed by atoms with Crippen LogP contribution in [0.25, 0.3) is 17.1 Å². The van der Waals surface area contributed by atoms with Gasteiger partial charge in [-0.15, -0.1) is 5.10 Å². The van der Waals surface area contributed by atoms with Crippen LogP contribution in [0.5, 0.6) is 0 Å². The fourth-order valence-corrected chi connectivity index (χ4v) is 2.05. The molecule has 0 bridgehead atoms. The Labute approximate surface area is 118 Å². The third-order valence-corrected chi connectivity index (χ3v) is 2.95. The zero-order valence-corrected chi connectivity index (χ0v) is 10.9. The molecule has 100 valence electrons. The molecule has 20 heavy (non-hydrogen) atoms. The van der Waals surface area contributed by atoms with Crippen molar-refractivity contribution in [1.82, 2.24) is 20.2 Å². The molecule has 1 aromatic heterocycles.